The van der Waals surface area contributed by atoms with Gasteiger partial charge in [-0.2, -0.15) is 0 Å². The van der Waals surface area contributed by atoms with Crippen LogP contribution in [0.1, 0.15) is 31.4 Å². The first-order valence-corrected chi connectivity index (χ1v) is 11.1. The fraction of sp³-hybridized carbons (Fsp3) is 0.381. The Labute approximate surface area is 167 Å². The zero-order valence-corrected chi connectivity index (χ0v) is 17.8. The average Bonchev–Trinajstić information content (AvgIpc) is 2.62. The van der Waals surface area contributed by atoms with Crippen molar-refractivity contribution >= 4 is 27.3 Å². The number of benzene rings is 2. The number of hydrogen-bond acceptors (Lipinski definition) is 4. The predicted molar refractivity (Wildman–Crippen MR) is 114 cm³/mol. The Bertz CT molecular complexity index is 924. The van der Waals surface area contributed by atoms with Crippen LogP contribution in [0.2, 0.25) is 0 Å². The third-order valence-electron chi connectivity index (χ3n) is 4.51. The topological polar surface area (TPSA) is 75.7 Å². The van der Waals surface area contributed by atoms with E-state index in [1.165, 1.54) is 4.31 Å². The highest BCUT2D eigenvalue weighted by molar-refractivity contribution is 7.92. The largest absolute Gasteiger partial charge is 0.494 e. The van der Waals surface area contributed by atoms with Gasteiger partial charge in [-0.1, -0.05) is 13.0 Å². The van der Waals surface area contributed by atoms with Gasteiger partial charge in [-0.25, -0.2) is 8.42 Å². The zero-order chi connectivity index (χ0) is 20.9. The van der Waals surface area contributed by atoms with Gasteiger partial charge in [0.05, 0.1) is 18.6 Å². The van der Waals surface area contributed by atoms with Crippen LogP contribution in [0.5, 0.6) is 5.75 Å². The molecule has 2 aromatic rings. The molecule has 1 amide bonds. The first-order valence-electron chi connectivity index (χ1n) is 9.27. The molecule has 0 bridgehead atoms. The van der Waals surface area contributed by atoms with Gasteiger partial charge in [-0.05, 0) is 74.7 Å². The maximum atomic E-state index is 12.9. The minimum atomic E-state index is -3.67. The van der Waals surface area contributed by atoms with E-state index in [1.54, 1.807) is 31.2 Å². The number of carbonyl (C=O) groups is 1. The number of anilines is 2. The molecule has 6 nitrogen and oxygen atoms in total. The number of ether oxygens (including phenoxy) is 1. The molecule has 0 aromatic heterocycles. The SMILES string of the molecule is CCOc1ccc(N(C(CC)C(=O)Nc2ccc(C)c(C)c2)S(C)(=O)=O)cc1. The summed E-state index contributed by atoms with van der Waals surface area (Å²) in [6.45, 7) is 8.14. The van der Waals surface area contributed by atoms with Crippen LogP contribution in [0.4, 0.5) is 11.4 Å². The van der Waals surface area contributed by atoms with E-state index >= 15 is 0 Å². The second-order valence-corrected chi connectivity index (χ2v) is 8.56. The third-order valence-corrected chi connectivity index (χ3v) is 5.69. The van der Waals surface area contributed by atoms with Gasteiger partial charge in [0.1, 0.15) is 11.8 Å². The highest BCUT2D eigenvalue weighted by Gasteiger charge is 2.31. The van der Waals surface area contributed by atoms with Crippen LogP contribution in [-0.4, -0.2) is 33.2 Å². The van der Waals surface area contributed by atoms with Crippen LogP contribution < -0.4 is 14.4 Å². The fourth-order valence-corrected chi connectivity index (χ4v) is 4.17. The van der Waals surface area contributed by atoms with Crippen LogP contribution in [0.15, 0.2) is 42.5 Å². The zero-order valence-electron chi connectivity index (χ0n) is 17.0. The van der Waals surface area contributed by atoms with Crippen LogP contribution in [0.25, 0.3) is 0 Å². The van der Waals surface area contributed by atoms with Crippen LogP contribution in [-0.2, 0) is 14.8 Å². The van der Waals surface area contributed by atoms with Crippen molar-refractivity contribution in [2.75, 3.05) is 22.5 Å². The Hall–Kier alpha value is -2.54. The number of nitrogens with zero attached hydrogens (tertiary/aromatic N) is 1. The van der Waals surface area contributed by atoms with E-state index in [-0.39, 0.29) is 5.91 Å². The summed E-state index contributed by atoms with van der Waals surface area (Å²) in [5.41, 5.74) is 3.24. The second-order valence-electron chi connectivity index (χ2n) is 6.70. The molecule has 28 heavy (non-hydrogen) atoms. The number of aryl methyl sites for hydroxylation is 2. The molecule has 0 aliphatic rings. The Morgan fingerprint density at radius 3 is 2.21 bits per heavy atom. The van der Waals surface area contributed by atoms with E-state index in [4.69, 9.17) is 4.74 Å². The fourth-order valence-electron chi connectivity index (χ4n) is 2.96. The minimum Gasteiger partial charge on any atom is -0.494 e. The number of rotatable bonds is 8. The maximum absolute atomic E-state index is 12.9. The van der Waals surface area contributed by atoms with E-state index in [2.05, 4.69) is 5.32 Å². The van der Waals surface area contributed by atoms with E-state index < -0.39 is 16.1 Å². The molecular weight excluding hydrogens is 376 g/mol. The van der Waals surface area contributed by atoms with Gasteiger partial charge in [0.25, 0.3) is 0 Å². The van der Waals surface area contributed by atoms with Gasteiger partial charge in [-0.3, -0.25) is 9.10 Å². The van der Waals surface area contributed by atoms with Crippen molar-refractivity contribution in [2.24, 2.45) is 0 Å². The molecule has 2 aromatic carbocycles. The van der Waals surface area contributed by atoms with Gasteiger partial charge in [-0.15, -0.1) is 0 Å². The number of amides is 1. The second kappa shape index (κ2) is 9.10. The molecule has 1 unspecified atom stereocenters. The Balaban J connectivity index is 2.34. The molecule has 152 valence electrons. The summed E-state index contributed by atoms with van der Waals surface area (Å²) < 4.78 is 31.6. The molecule has 7 heteroatoms. The molecule has 0 heterocycles. The lowest BCUT2D eigenvalue weighted by molar-refractivity contribution is -0.117. The van der Waals surface area contributed by atoms with E-state index in [9.17, 15) is 13.2 Å². The first-order chi connectivity index (χ1) is 13.2. The lowest BCUT2D eigenvalue weighted by Gasteiger charge is -2.30. The van der Waals surface area contributed by atoms with Crippen molar-refractivity contribution in [3.05, 3.63) is 53.6 Å². The van der Waals surface area contributed by atoms with E-state index in [0.717, 1.165) is 17.4 Å². The van der Waals surface area contributed by atoms with Gasteiger partial charge < -0.3 is 10.1 Å². The predicted octanol–water partition coefficient (Wildman–Crippen LogP) is 3.89. The van der Waals surface area contributed by atoms with Crippen molar-refractivity contribution in [2.45, 2.75) is 40.2 Å². The van der Waals surface area contributed by atoms with Crippen molar-refractivity contribution < 1.29 is 17.9 Å². The van der Waals surface area contributed by atoms with Crippen molar-refractivity contribution in [3.63, 3.8) is 0 Å². The van der Waals surface area contributed by atoms with Crippen LogP contribution in [0.3, 0.4) is 0 Å². The standard InChI is InChI=1S/C21H28N2O4S/c1-6-20(21(24)22-17-9-8-15(3)16(4)14-17)23(28(5,25)26)18-10-12-19(13-11-18)27-7-2/h8-14,20H,6-7H2,1-5H3,(H,22,24). The molecular formula is C21H28N2O4S. The summed E-state index contributed by atoms with van der Waals surface area (Å²) >= 11 is 0. The molecule has 0 aliphatic carbocycles. The Morgan fingerprint density at radius 1 is 1.07 bits per heavy atom. The van der Waals surface area contributed by atoms with Crippen molar-refractivity contribution in [1.82, 2.24) is 0 Å². The van der Waals surface area contributed by atoms with Crippen molar-refractivity contribution in [1.29, 1.82) is 0 Å². The van der Waals surface area contributed by atoms with Crippen LogP contribution >= 0.6 is 0 Å². The molecule has 0 saturated heterocycles. The Morgan fingerprint density at radius 2 is 1.71 bits per heavy atom. The first kappa shape index (κ1) is 21.8. The molecule has 1 atom stereocenters. The van der Waals surface area contributed by atoms with E-state index in [1.807, 2.05) is 39.0 Å². The lowest BCUT2D eigenvalue weighted by Crippen LogP contribution is -2.47. The summed E-state index contributed by atoms with van der Waals surface area (Å²) in [5, 5.41) is 2.85. The molecule has 0 fully saturated rings. The summed E-state index contributed by atoms with van der Waals surface area (Å²) in [4.78, 5) is 12.9. The highest BCUT2D eigenvalue weighted by Crippen LogP contribution is 2.26. The molecule has 1 N–H and O–H groups in total. The Kier molecular flexibility index (Phi) is 7.07. The maximum Gasteiger partial charge on any atom is 0.248 e. The van der Waals surface area contributed by atoms with Gasteiger partial charge in [0, 0.05) is 5.69 Å². The van der Waals surface area contributed by atoms with E-state index in [0.29, 0.717) is 30.2 Å². The smallest absolute Gasteiger partial charge is 0.248 e. The third kappa shape index (κ3) is 5.25. The number of carbonyl (C=O) groups excluding carboxylic acids is 1. The normalized spacial score (nSPS) is 12.3. The number of nitrogens with one attached hydrogen (secondary N) is 1. The lowest BCUT2D eigenvalue weighted by atomic mass is 10.1. The molecule has 0 saturated carbocycles. The van der Waals surface area contributed by atoms with Gasteiger partial charge >= 0.3 is 0 Å². The quantitative estimate of drug-likeness (QED) is 0.724. The monoisotopic (exact) mass is 404 g/mol. The summed E-state index contributed by atoms with van der Waals surface area (Å²) in [5.74, 6) is 0.275. The molecule has 0 radical (unpaired) electrons. The number of hydrogen-bond donors (Lipinski definition) is 1. The van der Waals surface area contributed by atoms with Gasteiger partial charge in [0.2, 0.25) is 15.9 Å². The summed E-state index contributed by atoms with van der Waals surface area (Å²) in [6, 6.07) is 11.4. The molecule has 2 rings (SSSR count). The molecule has 0 aliphatic heterocycles. The molecule has 0 spiro atoms. The van der Waals surface area contributed by atoms with Crippen LogP contribution in [0, 0.1) is 13.8 Å². The number of sulfonamides is 1. The average molecular weight is 405 g/mol. The summed E-state index contributed by atoms with van der Waals surface area (Å²) in [7, 11) is -3.67. The van der Waals surface area contributed by atoms with Crippen molar-refractivity contribution in [3.8, 4) is 5.75 Å². The minimum absolute atomic E-state index is 0.330. The summed E-state index contributed by atoms with van der Waals surface area (Å²) in [6.07, 6.45) is 1.44. The van der Waals surface area contributed by atoms with Gasteiger partial charge in [0.15, 0.2) is 0 Å². The highest BCUT2D eigenvalue weighted by atomic mass is 32.2.